The van der Waals surface area contributed by atoms with Gasteiger partial charge in [-0.1, -0.05) is 19.8 Å². The summed E-state index contributed by atoms with van der Waals surface area (Å²) in [4.78, 5) is 6.36. The van der Waals surface area contributed by atoms with Gasteiger partial charge < -0.3 is 10.2 Å². The molecule has 1 fully saturated rings. The minimum atomic E-state index is -0.252. The van der Waals surface area contributed by atoms with Crippen LogP contribution in [0.15, 0.2) is 18.5 Å². The lowest BCUT2D eigenvalue weighted by molar-refractivity contribution is 0.104. The number of nitrogens with one attached hydrogen (secondary N) is 1. The molecular formula is C16H26FN3. The van der Waals surface area contributed by atoms with Crippen molar-refractivity contribution in [1.82, 2.24) is 15.2 Å². The third kappa shape index (κ3) is 3.01. The Bertz CT molecular complexity index is 427. The molecule has 3 nitrogen and oxygen atoms in total. The van der Waals surface area contributed by atoms with Crippen molar-refractivity contribution in [2.45, 2.75) is 50.6 Å². The van der Waals surface area contributed by atoms with Crippen LogP contribution in [0.3, 0.4) is 0 Å². The van der Waals surface area contributed by atoms with Gasteiger partial charge in [-0.2, -0.15) is 0 Å². The largest absolute Gasteiger partial charge is 0.308 e. The molecule has 1 saturated carbocycles. The molecule has 0 saturated heterocycles. The van der Waals surface area contributed by atoms with Crippen molar-refractivity contribution in [3.8, 4) is 0 Å². The number of nitrogens with zero attached hydrogens (tertiary/aromatic N) is 2. The molecule has 0 spiro atoms. The number of hydrogen-bond acceptors (Lipinski definition) is 3. The fourth-order valence-electron chi connectivity index (χ4n) is 3.47. The predicted octanol–water partition coefficient (Wildman–Crippen LogP) is 3.14. The van der Waals surface area contributed by atoms with Gasteiger partial charge in [0.05, 0.1) is 12.2 Å². The van der Waals surface area contributed by atoms with Crippen LogP contribution in [0.2, 0.25) is 0 Å². The summed E-state index contributed by atoms with van der Waals surface area (Å²) in [5, 5.41) is 3.63. The molecule has 1 aromatic heterocycles. The first-order valence-corrected chi connectivity index (χ1v) is 7.61. The summed E-state index contributed by atoms with van der Waals surface area (Å²) in [5.41, 5.74) is 1.04. The third-order valence-electron chi connectivity index (χ3n) is 4.56. The van der Waals surface area contributed by atoms with Gasteiger partial charge in [0.15, 0.2) is 0 Å². The summed E-state index contributed by atoms with van der Waals surface area (Å²) in [6, 6.07) is 1.77. The average molecular weight is 279 g/mol. The van der Waals surface area contributed by atoms with E-state index in [0.29, 0.717) is 0 Å². The maximum Gasteiger partial charge on any atom is 0.141 e. The molecule has 0 aliphatic heterocycles. The normalized spacial score (nSPS) is 19.4. The molecule has 2 rings (SSSR count). The predicted molar refractivity (Wildman–Crippen MR) is 80.1 cm³/mol. The standard InChI is InChI=1S/C16H26FN3/c1-4-9-19-15(13-10-14(17)12-18-11-13)16(20(2)3)7-5-6-8-16/h10-12,15,19H,4-9H2,1-3H3. The SMILES string of the molecule is CCCNC(c1cncc(F)c1)C1(N(C)C)CCCC1. The first kappa shape index (κ1) is 15.4. The van der Waals surface area contributed by atoms with Crippen molar-refractivity contribution in [2.24, 2.45) is 0 Å². The van der Waals surface area contributed by atoms with Crippen LogP contribution in [-0.2, 0) is 0 Å². The Morgan fingerprint density at radius 2 is 2.05 bits per heavy atom. The highest BCUT2D eigenvalue weighted by molar-refractivity contribution is 5.22. The molecule has 1 N–H and O–H groups in total. The lowest BCUT2D eigenvalue weighted by Crippen LogP contribution is -2.52. The van der Waals surface area contributed by atoms with Crippen molar-refractivity contribution in [3.63, 3.8) is 0 Å². The number of likely N-dealkylation sites (N-methyl/N-ethyl adjacent to an activating group) is 1. The van der Waals surface area contributed by atoms with Crippen LogP contribution in [0.1, 0.15) is 50.6 Å². The van der Waals surface area contributed by atoms with Crippen LogP contribution < -0.4 is 5.32 Å². The Hall–Kier alpha value is -1.00. The van der Waals surface area contributed by atoms with E-state index in [9.17, 15) is 4.39 Å². The molecule has 0 bridgehead atoms. The van der Waals surface area contributed by atoms with Crippen molar-refractivity contribution in [3.05, 3.63) is 29.8 Å². The molecule has 20 heavy (non-hydrogen) atoms. The van der Waals surface area contributed by atoms with E-state index in [-0.39, 0.29) is 17.4 Å². The van der Waals surface area contributed by atoms with Crippen molar-refractivity contribution < 1.29 is 4.39 Å². The zero-order chi connectivity index (χ0) is 14.6. The maximum atomic E-state index is 13.6. The molecule has 0 aromatic carbocycles. The van der Waals surface area contributed by atoms with Crippen LogP contribution in [0.4, 0.5) is 4.39 Å². The molecule has 0 amide bonds. The van der Waals surface area contributed by atoms with Crippen molar-refractivity contribution in [2.75, 3.05) is 20.6 Å². The molecule has 1 unspecified atom stereocenters. The van der Waals surface area contributed by atoms with Gasteiger partial charge in [0.1, 0.15) is 5.82 Å². The topological polar surface area (TPSA) is 28.2 Å². The second kappa shape index (κ2) is 6.64. The van der Waals surface area contributed by atoms with Gasteiger partial charge in [-0.25, -0.2) is 4.39 Å². The minimum Gasteiger partial charge on any atom is -0.308 e. The van der Waals surface area contributed by atoms with E-state index in [1.165, 1.54) is 19.0 Å². The van der Waals surface area contributed by atoms with Crippen LogP contribution in [0.5, 0.6) is 0 Å². The second-order valence-corrected chi connectivity index (χ2v) is 6.03. The van der Waals surface area contributed by atoms with Gasteiger partial charge in [-0.05, 0) is 51.5 Å². The van der Waals surface area contributed by atoms with E-state index in [1.807, 2.05) is 0 Å². The molecule has 1 aromatic rings. The fraction of sp³-hybridized carbons (Fsp3) is 0.688. The molecule has 1 atom stereocenters. The second-order valence-electron chi connectivity index (χ2n) is 6.03. The fourth-order valence-corrected chi connectivity index (χ4v) is 3.47. The molecule has 1 aliphatic rings. The summed E-state index contributed by atoms with van der Waals surface area (Å²) >= 11 is 0. The maximum absolute atomic E-state index is 13.6. The van der Waals surface area contributed by atoms with Crippen LogP contribution in [-0.4, -0.2) is 36.1 Å². The summed E-state index contributed by atoms with van der Waals surface area (Å²) in [6.45, 7) is 3.10. The van der Waals surface area contributed by atoms with Gasteiger partial charge in [0.2, 0.25) is 0 Å². The smallest absolute Gasteiger partial charge is 0.141 e. The van der Waals surface area contributed by atoms with E-state index in [1.54, 1.807) is 12.3 Å². The molecule has 112 valence electrons. The van der Waals surface area contributed by atoms with Crippen LogP contribution in [0.25, 0.3) is 0 Å². The summed E-state index contributed by atoms with van der Waals surface area (Å²) in [5.74, 6) is -0.252. The number of aromatic nitrogens is 1. The van der Waals surface area contributed by atoms with Gasteiger partial charge in [0, 0.05) is 11.7 Å². The summed E-state index contributed by atoms with van der Waals surface area (Å²) < 4.78 is 13.6. The van der Waals surface area contributed by atoms with Gasteiger partial charge in [-0.3, -0.25) is 4.98 Å². The summed E-state index contributed by atoms with van der Waals surface area (Å²) in [7, 11) is 4.28. The Morgan fingerprint density at radius 3 is 2.60 bits per heavy atom. The van der Waals surface area contributed by atoms with E-state index in [0.717, 1.165) is 31.4 Å². The van der Waals surface area contributed by atoms with E-state index >= 15 is 0 Å². The van der Waals surface area contributed by atoms with E-state index < -0.39 is 0 Å². The monoisotopic (exact) mass is 279 g/mol. The van der Waals surface area contributed by atoms with Crippen LogP contribution >= 0.6 is 0 Å². The number of rotatable bonds is 6. The lowest BCUT2D eigenvalue weighted by Gasteiger charge is -2.44. The quantitative estimate of drug-likeness (QED) is 0.867. The first-order chi connectivity index (χ1) is 9.60. The molecule has 1 heterocycles. The number of hydrogen-bond donors (Lipinski definition) is 1. The highest BCUT2D eigenvalue weighted by atomic mass is 19.1. The zero-order valence-corrected chi connectivity index (χ0v) is 12.8. The highest BCUT2D eigenvalue weighted by Gasteiger charge is 2.43. The van der Waals surface area contributed by atoms with Crippen molar-refractivity contribution in [1.29, 1.82) is 0 Å². The van der Waals surface area contributed by atoms with Crippen molar-refractivity contribution >= 4 is 0 Å². The third-order valence-corrected chi connectivity index (χ3v) is 4.56. The number of halogens is 1. The molecule has 4 heteroatoms. The Morgan fingerprint density at radius 1 is 1.35 bits per heavy atom. The van der Waals surface area contributed by atoms with Gasteiger partial charge in [-0.15, -0.1) is 0 Å². The van der Waals surface area contributed by atoms with E-state index in [2.05, 4.69) is 36.2 Å². The van der Waals surface area contributed by atoms with Crippen LogP contribution in [0, 0.1) is 5.82 Å². The lowest BCUT2D eigenvalue weighted by atomic mass is 9.83. The molecule has 1 aliphatic carbocycles. The number of pyridine rings is 1. The Kier molecular flexibility index (Phi) is 5.11. The minimum absolute atomic E-state index is 0.0741. The van der Waals surface area contributed by atoms with Gasteiger partial charge >= 0.3 is 0 Å². The Balaban J connectivity index is 2.35. The first-order valence-electron chi connectivity index (χ1n) is 7.61. The average Bonchev–Trinajstić information content (AvgIpc) is 2.90. The molecular weight excluding hydrogens is 253 g/mol. The summed E-state index contributed by atoms with van der Waals surface area (Å²) in [6.07, 6.45) is 8.94. The highest BCUT2D eigenvalue weighted by Crippen LogP contribution is 2.43. The van der Waals surface area contributed by atoms with E-state index in [4.69, 9.17) is 0 Å². The van der Waals surface area contributed by atoms with Gasteiger partial charge in [0.25, 0.3) is 0 Å². The molecule has 0 radical (unpaired) electrons. The zero-order valence-electron chi connectivity index (χ0n) is 12.8. The Labute approximate surface area is 121 Å².